The second-order valence-corrected chi connectivity index (χ2v) is 4.73. The molecule has 0 amide bonds. The van der Waals surface area contributed by atoms with Gasteiger partial charge in [0.05, 0.1) is 12.1 Å². The van der Waals surface area contributed by atoms with Crippen molar-refractivity contribution in [1.82, 2.24) is 9.97 Å². The van der Waals surface area contributed by atoms with Gasteiger partial charge in [-0.1, -0.05) is 11.6 Å². The first-order valence-corrected chi connectivity index (χ1v) is 5.97. The highest BCUT2D eigenvalue weighted by Crippen LogP contribution is 2.34. The molecule has 17 heavy (non-hydrogen) atoms. The van der Waals surface area contributed by atoms with Gasteiger partial charge in [0.2, 0.25) is 0 Å². The average molecular weight is 258 g/mol. The summed E-state index contributed by atoms with van der Waals surface area (Å²) in [5.74, 6) is 1.18. The zero-order valence-electron chi connectivity index (χ0n) is 9.74. The molecule has 1 fully saturated rings. The minimum atomic E-state index is -0.234. The fourth-order valence-electron chi connectivity index (χ4n) is 1.92. The Hall–Kier alpha value is -0.910. The van der Waals surface area contributed by atoms with Gasteiger partial charge >= 0.3 is 0 Å². The smallest absolute Gasteiger partial charge is 0.158 e. The lowest BCUT2D eigenvalue weighted by molar-refractivity contribution is 0.143. The Morgan fingerprint density at radius 3 is 2.82 bits per heavy atom. The van der Waals surface area contributed by atoms with Gasteiger partial charge in [0.1, 0.15) is 17.6 Å². The molecular formula is C11H16ClN3O2. The Morgan fingerprint density at radius 1 is 1.53 bits per heavy atom. The van der Waals surface area contributed by atoms with Crippen LogP contribution >= 0.6 is 11.6 Å². The molecule has 1 aliphatic carbocycles. The van der Waals surface area contributed by atoms with Crippen molar-refractivity contribution in [1.29, 1.82) is 0 Å². The lowest BCUT2D eigenvalue weighted by Gasteiger charge is -2.41. The standard InChI is InChI=1S/C11H16ClN3O2/c1-17-6-10-13-8(12)5-9(14-10)15-11(7-16)3-2-4-11/h5,16H,2-4,6-7H2,1H3,(H,13,14,15). The maximum Gasteiger partial charge on any atom is 0.158 e. The number of nitrogens with zero attached hydrogens (tertiary/aromatic N) is 2. The zero-order valence-corrected chi connectivity index (χ0v) is 10.5. The third-order valence-corrected chi connectivity index (χ3v) is 3.21. The fraction of sp³-hybridized carbons (Fsp3) is 0.636. The molecule has 0 aromatic carbocycles. The molecule has 1 aliphatic rings. The van der Waals surface area contributed by atoms with Crippen LogP contribution in [-0.4, -0.2) is 34.3 Å². The average Bonchev–Trinajstić information content (AvgIpc) is 2.23. The topological polar surface area (TPSA) is 67.3 Å². The summed E-state index contributed by atoms with van der Waals surface area (Å²) in [6, 6.07) is 1.66. The molecular weight excluding hydrogens is 242 g/mol. The Morgan fingerprint density at radius 2 is 2.29 bits per heavy atom. The van der Waals surface area contributed by atoms with E-state index < -0.39 is 0 Å². The van der Waals surface area contributed by atoms with E-state index in [4.69, 9.17) is 16.3 Å². The molecule has 0 radical (unpaired) electrons. The molecule has 1 aromatic rings. The minimum absolute atomic E-state index is 0.105. The van der Waals surface area contributed by atoms with Crippen molar-refractivity contribution in [3.63, 3.8) is 0 Å². The molecule has 1 heterocycles. The number of aliphatic hydroxyl groups excluding tert-OH is 1. The summed E-state index contributed by atoms with van der Waals surface area (Å²) in [4.78, 5) is 8.35. The minimum Gasteiger partial charge on any atom is -0.394 e. The van der Waals surface area contributed by atoms with Crippen LogP contribution in [0, 0.1) is 0 Å². The lowest BCUT2D eigenvalue weighted by atomic mass is 9.77. The van der Waals surface area contributed by atoms with Crippen molar-refractivity contribution >= 4 is 17.4 Å². The van der Waals surface area contributed by atoms with Gasteiger partial charge in [-0.25, -0.2) is 9.97 Å². The quantitative estimate of drug-likeness (QED) is 0.785. The largest absolute Gasteiger partial charge is 0.394 e. The third kappa shape index (κ3) is 2.86. The van der Waals surface area contributed by atoms with Crippen LogP contribution in [0.25, 0.3) is 0 Å². The maximum absolute atomic E-state index is 9.38. The van der Waals surface area contributed by atoms with Gasteiger partial charge in [0, 0.05) is 13.2 Å². The van der Waals surface area contributed by atoms with Crippen LogP contribution in [0.4, 0.5) is 5.82 Å². The van der Waals surface area contributed by atoms with Crippen LogP contribution in [0.15, 0.2) is 6.07 Å². The SMILES string of the molecule is COCc1nc(Cl)cc(NC2(CO)CCC2)n1. The van der Waals surface area contributed by atoms with Crippen molar-refractivity contribution in [2.45, 2.75) is 31.4 Å². The number of hydrogen-bond donors (Lipinski definition) is 2. The van der Waals surface area contributed by atoms with Gasteiger partial charge in [0.25, 0.3) is 0 Å². The molecule has 0 bridgehead atoms. The number of ether oxygens (including phenoxy) is 1. The summed E-state index contributed by atoms with van der Waals surface area (Å²) in [5.41, 5.74) is -0.234. The summed E-state index contributed by atoms with van der Waals surface area (Å²) >= 11 is 5.91. The maximum atomic E-state index is 9.38. The highest BCUT2D eigenvalue weighted by Gasteiger charge is 2.36. The second kappa shape index (κ2) is 5.16. The predicted octanol–water partition coefficient (Wildman–Crippen LogP) is 1.60. The van der Waals surface area contributed by atoms with Crippen molar-refractivity contribution in [3.8, 4) is 0 Å². The highest BCUT2D eigenvalue weighted by atomic mass is 35.5. The van der Waals surface area contributed by atoms with Gasteiger partial charge in [-0.2, -0.15) is 0 Å². The molecule has 0 atom stereocenters. The molecule has 94 valence electrons. The van der Waals surface area contributed by atoms with Crippen LogP contribution in [0.5, 0.6) is 0 Å². The zero-order chi connectivity index (χ0) is 12.3. The fourth-order valence-corrected chi connectivity index (χ4v) is 2.12. The van der Waals surface area contributed by atoms with Crippen LogP contribution in [0.3, 0.4) is 0 Å². The van der Waals surface area contributed by atoms with Crippen LogP contribution in [-0.2, 0) is 11.3 Å². The Balaban J connectivity index is 2.14. The molecule has 1 saturated carbocycles. The number of nitrogens with one attached hydrogen (secondary N) is 1. The van der Waals surface area contributed by atoms with Gasteiger partial charge in [-0.05, 0) is 19.3 Å². The molecule has 0 unspecified atom stereocenters. The summed E-state index contributed by atoms with van der Waals surface area (Å²) in [5, 5.41) is 13.0. The molecule has 2 N–H and O–H groups in total. The van der Waals surface area contributed by atoms with Gasteiger partial charge in [-0.3, -0.25) is 0 Å². The summed E-state index contributed by atoms with van der Waals surface area (Å²) in [6.45, 7) is 0.426. The van der Waals surface area contributed by atoms with E-state index in [-0.39, 0.29) is 12.1 Å². The van der Waals surface area contributed by atoms with E-state index in [2.05, 4.69) is 15.3 Å². The van der Waals surface area contributed by atoms with E-state index in [1.54, 1.807) is 13.2 Å². The van der Waals surface area contributed by atoms with Gasteiger partial charge < -0.3 is 15.2 Å². The Kier molecular flexibility index (Phi) is 3.81. The van der Waals surface area contributed by atoms with Crippen LogP contribution < -0.4 is 5.32 Å². The first kappa shape index (κ1) is 12.5. The number of hydrogen-bond acceptors (Lipinski definition) is 5. The van der Waals surface area contributed by atoms with Gasteiger partial charge in [-0.15, -0.1) is 0 Å². The molecule has 0 saturated heterocycles. The van der Waals surface area contributed by atoms with E-state index >= 15 is 0 Å². The number of halogens is 1. The van der Waals surface area contributed by atoms with E-state index in [0.717, 1.165) is 19.3 Å². The van der Waals surface area contributed by atoms with Crippen LogP contribution in [0.1, 0.15) is 25.1 Å². The van der Waals surface area contributed by atoms with E-state index in [1.165, 1.54) is 0 Å². The summed E-state index contributed by atoms with van der Waals surface area (Å²) < 4.78 is 4.97. The predicted molar refractivity (Wildman–Crippen MR) is 65.0 cm³/mol. The molecule has 5 nitrogen and oxygen atoms in total. The molecule has 1 aromatic heterocycles. The second-order valence-electron chi connectivity index (χ2n) is 4.34. The Labute approximate surface area is 105 Å². The van der Waals surface area contributed by atoms with E-state index in [1.807, 2.05) is 0 Å². The number of anilines is 1. The summed E-state index contributed by atoms with van der Waals surface area (Å²) in [7, 11) is 1.58. The van der Waals surface area contributed by atoms with E-state index in [0.29, 0.717) is 23.4 Å². The molecule has 0 spiro atoms. The molecule has 2 rings (SSSR count). The normalized spacial score (nSPS) is 17.6. The van der Waals surface area contributed by atoms with Crippen molar-refractivity contribution < 1.29 is 9.84 Å². The lowest BCUT2D eigenvalue weighted by Crippen LogP contribution is -2.48. The first-order chi connectivity index (χ1) is 8.17. The number of methoxy groups -OCH3 is 1. The molecule has 0 aliphatic heterocycles. The number of aliphatic hydroxyl groups is 1. The Bertz CT molecular complexity index is 391. The first-order valence-electron chi connectivity index (χ1n) is 5.59. The summed E-state index contributed by atoms with van der Waals surface area (Å²) in [6.07, 6.45) is 3.02. The highest BCUT2D eigenvalue weighted by molar-refractivity contribution is 6.29. The van der Waals surface area contributed by atoms with Crippen molar-refractivity contribution in [2.75, 3.05) is 19.0 Å². The van der Waals surface area contributed by atoms with Crippen molar-refractivity contribution in [3.05, 3.63) is 17.0 Å². The number of aromatic nitrogens is 2. The molecule has 6 heteroatoms. The van der Waals surface area contributed by atoms with Gasteiger partial charge in [0.15, 0.2) is 5.82 Å². The number of rotatable bonds is 5. The third-order valence-electron chi connectivity index (χ3n) is 3.02. The van der Waals surface area contributed by atoms with E-state index in [9.17, 15) is 5.11 Å². The van der Waals surface area contributed by atoms with Crippen LogP contribution in [0.2, 0.25) is 5.15 Å². The monoisotopic (exact) mass is 257 g/mol. The van der Waals surface area contributed by atoms with Crippen molar-refractivity contribution in [2.24, 2.45) is 0 Å².